The quantitative estimate of drug-likeness (QED) is 0.520. The second-order valence-corrected chi connectivity index (χ2v) is 8.05. The van der Waals surface area contributed by atoms with E-state index in [1.807, 2.05) is 6.07 Å². The lowest BCUT2D eigenvalue weighted by Gasteiger charge is -2.26. The third kappa shape index (κ3) is 5.55. The normalized spacial score (nSPS) is 14.8. The van der Waals surface area contributed by atoms with Crippen LogP contribution in [0.4, 0.5) is 13.2 Å². The van der Waals surface area contributed by atoms with E-state index >= 15 is 0 Å². The molecule has 0 spiro atoms. The highest BCUT2D eigenvalue weighted by Crippen LogP contribution is 2.40. The number of pyridine rings is 1. The van der Waals surface area contributed by atoms with E-state index in [1.54, 1.807) is 6.07 Å². The van der Waals surface area contributed by atoms with Crippen LogP contribution in [0.3, 0.4) is 0 Å². The van der Waals surface area contributed by atoms with Gasteiger partial charge in [0.2, 0.25) is 0 Å². The smallest absolute Gasteiger partial charge is 0.418 e. The number of nitriles is 1. The number of carbonyl (C=O) groups excluding carboxylic acids is 1. The lowest BCUT2D eigenvalue weighted by molar-refractivity contribution is -0.136. The highest BCUT2D eigenvalue weighted by Gasteiger charge is 2.35. The number of morpholine rings is 1. The summed E-state index contributed by atoms with van der Waals surface area (Å²) in [6.07, 6.45) is -1.08. The van der Waals surface area contributed by atoms with Crippen molar-refractivity contribution in [3.8, 4) is 17.6 Å². The summed E-state index contributed by atoms with van der Waals surface area (Å²) in [5.74, 6) is 0.0960. The molecule has 1 fully saturated rings. The van der Waals surface area contributed by atoms with Crippen molar-refractivity contribution in [2.24, 2.45) is 0 Å². The van der Waals surface area contributed by atoms with Gasteiger partial charge in [-0.25, -0.2) is 4.98 Å². The molecule has 7 nitrogen and oxygen atoms in total. The number of ether oxygens (including phenoxy) is 2. The molecule has 178 valence electrons. The number of Topliss-reactive ketones (excluding diaryl/α,β-unsaturated/α-hetero) is 1. The number of benzene rings is 1. The molecular formula is C24H23F3N4O3. The van der Waals surface area contributed by atoms with E-state index in [2.05, 4.69) is 14.9 Å². The lowest BCUT2D eigenvalue weighted by atomic mass is 10.0. The molecule has 4 rings (SSSR count). The van der Waals surface area contributed by atoms with Crippen LogP contribution in [-0.4, -0.2) is 53.5 Å². The van der Waals surface area contributed by atoms with Gasteiger partial charge >= 0.3 is 6.18 Å². The fraction of sp³-hybridized carbons (Fsp3) is 0.375. The monoisotopic (exact) mass is 472 g/mol. The SMILES string of the molecule is N#Cc1cc(CC(=O)CCCN2CCOCC2)ccc1Oc1ccnc2[nH]cc(C(F)(F)F)c12. The zero-order chi connectivity index (χ0) is 24.1. The van der Waals surface area contributed by atoms with E-state index in [-0.39, 0.29) is 40.3 Å². The molecule has 1 saturated heterocycles. The third-order valence-corrected chi connectivity index (χ3v) is 5.66. The van der Waals surface area contributed by atoms with Crippen molar-refractivity contribution in [3.63, 3.8) is 0 Å². The van der Waals surface area contributed by atoms with Crippen LogP contribution in [0.25, 0.3) is 11.0 Å². The number of ketones is 1. The molecule has 3 heterocycles. The summed E-state index contributed by atoms with van der Waals surface area (Å²) in [7, 11) is 0. The van der Waals surface area contributed by atoms with Gasteiger partial charge in [-0.3, -0.25) is 9.69 Å². The van der Waals surface area contributed by atoms with Crippen molar-refractivity contribution in [2.45, 2.75) is 25.4 Å². The maximum absolute atomic E-state index is 13.4. The van der Waals surface area contributed by atoms with Gasteiger partial charge in [0.1, 0.15) is 29.0 Å². The minimum Gasteiger partial charge on any atom is -0.455 e. The van der Waals surface area contributed by atoms with Crippen molar-refractivity contribution >= 4 is 16.8 Å². The van der Waals surface area contributed by atoms with Crippen molar-refractivity contribution in [1.29, 1.82) is 5.26 Å². The van der Waals surface area contributed by atoms with Crippen LogP contribution in [0.5, 0.6) is 11.5 Å². The molecule has 0 atom stereocenters. The topological polar surface area (TPSA) is 91.2 Å². The molecule has 0 aliphatic carbocycles. The summed E-state index contributed by atoms with van der Waals surface area (Å²) in [5, 5.41) is 9.36. The van der Waals surface area contributed by atoms with Crippen LogP contribution in [0, 0.1) is 11.3 Å². The summed E-state index contributed by atoms with van der Waals surface area (Å²) in [5.41, 5.74) is -0.0866. The van der Waals surface area contributed by atoms with E-state index in [4.69, 9.17) is 9.47 Å². The van der Waals surface area contributed by atoms with Crippen LogP contribution >= 0.6 is 0 Å². The van der Waals surface area contributed by atoms with Crippen LogP contribution in [0.15, 0.2) is 36.7 Å². The molecule has 0 unspecified atom stereocenters. The third-order valence-electron chi connectivity index (χ3n) is 5.66. The number of hydrogen-bond acceptors (Lipinski definition) is 6. The zero-order valence-corrected chi connectivity index (χ0v) is 18.3. The molecule has 34 heavy (non-hydrogen) atoms. The molecule has 1 aliphatic rings. The average Bonchev–Trinajstić information content (AvgIpc) is 3.27. The van der Waals surface area contributed by atoms with Crippen molar-refractivity contribution < 1.29 is 27.4 Å². The van der Waals surface area contributed by atoms with Gasteiger partial charge in [-0.05, 0) is 36.7 Å². The standard InChI is InChI=1S/C24H23F3N4O3/c25-24(26,27)19-15-30-23-22(19)21(5-6-29-23)34-20-4-3-16(12-17(20)14-28)13-18(32)2-1-7-31-8-10-33-11-9-31/h3-6,12,15H,1-2,7-11,13H2,(H,29,30). The molecule has 0 bridgehead atoms. The van der Waals surface area contributed by atoms with Gasteiger partial charge in [-0.2, -0.15) is 18.4 Å². The number of nitrogens with zero attached hydrogens (tertiary/aromatic N) is 3. The van der Waals surface area contributed by atoms with Gasteiger partial charge < -0.3 is 14.5 Å². The van der Waals surface area contributed by atoms with Gasteiger partial charge in [0.05, 0.1) is 29.7 Å². The lowest BCUT2D eigenvalue weighted by Crippen LogP contribution is -2.37. The Bertz CT molecular complexity index is 1210. The first kappa shape index (κ1) is 23.7. The van der Waals surface area contributed by atoms with E-state index in [0.29, 0.717) is 25.2 Å². The number of carbonyl (C=O) groups is 1. The highest BCUT2D eigenvalue weighted by molar-refractivity contribution is 5.87. The number of aromatic nitrogens is 2. The molecule has 1 N–H and O–H groups in total. The molecule has 1 aromatic carbocycles. The summed E-state index contributed by atoms with van der Waals surface area (Å²) in [6, 6.07) is 8.01. The molecule has 0 amide bonds. The first-order chi connectivity index (χ1) is 16.3. The Kier molecular flexibility index (Phi) is 7.14. The number of aromatic amines is 1. The second kappa shape index (κ2) is 10.2. The molecule has 10 heteroatoms. The highest BCUT2D eigenvalue weighted by atomic mass is 19.4. The van der Waals surface area contributed by atoms with Crippen molar-refractivity contribution in [1.82, 2.24) is 14.9 Å². The summed E-state index contributed by atoms with van der Waals surface area (Å²) in [6.45, 7) is 4.01. The Labute approximate surface area is 194 Å². The van der Waals surface area contributed by atoms with Crippen LogP contribution in [0.2, 0.25) is 0 Å². The minimum absolute atomic E-state index is 0.0302. The molecular weight excluding hydrogens is 449 g/mol. The maximum atomic E-state index is 13.4. The molecule has 3 aromatic rings. The number of fused-ring (bicyclic) bond motifs is 1. The van der Waals surface area contributed by atoms with Gasteiger partial charge in [0.15, 0.2) is 0 Å². The Morgan fingerprint density at radius 1 is 1.24 bits per heavy atom. The number of halogens is 3. The van der Waals surface area contributed by atoms with Crippen LogP contribution < -0.4 is 4.74 Å². The molecule has 1 aliphatic heterocycles. The Hall–Kier alpha value is -3.42. The predicted molar refractivity (Wildman–Crippen MR) is 118 cm³/mol. The van der Waals surface area contributed by atoms with E-state index in [0.717, 1.165) is 32.3 Å². The maximum Gasteiger partial charge on any atom is 0.418 e. The summed E-state index contributed by atoms with van der Waals surface area (Å²) >= 11 is 0. The van der Waals surface area contributed by atoms with Crippen LogP contribution in [0.1, 0.15) is 29.5 Å². The first-order valence-corrected chi connectivity index (χ1v) is 10.9. The van der Waals surface area contributed by atoms with E-state index < -0.39 is 11.7 Å². The fourth-order valence-corrected chi connectivity index (χ4v) is 3.96. The molecule has 0 radical (unpaired) electrons. The number of nitrogens with one attached hydrogen (secondary N) is 1. The number of rotatable bonds is 8. The predicted octanol–water partition coefficient (Wildman–Crippen LogP) is 4.47. The number of hydrogen-bond donors (Lipinski definition) is 1. The largest absolute Gasteiger partial charge is 0.455 e. The molecule has 0 saturated carbocycles. The van der Waals surface area contributed by atoms with Crippen LogP contribution in [-0.2, 0) is 22.1 Å². The summed E-state index contributed by atoms with van der Waals surface area (Å²) < 4.78 is 51.2. The van der Waals surface area contributed by atoms with Crippen molar-refractivity contribution in [2.75, 3.05) is 32.8 Å². The summed E-state index contributed by atoms with van der Waals surface area (Å²) in [4.78, 5) is 21.1. The zero-order valence-electron chi connectivity index (χ0n) is 18.3. The Morgan fingerprint density at radius 2 is 2.03 bits per heavy atom. The average molecular weight is 472 g/mol. The van der Waals surface area contributed by atoms with E-state index in [1.165, 1.54) is 24.4 Å². The van der Waals surface area contributed by atoms with Gasteiger partial charge in [0.25, 0.3) is 0 Å². The van der Waals surface area contributed by atoms with E-state index in [9.17, 15) is 23.2 Å². The Balaban J connectivity index is 1.44. The fourth-order valence-electron chi connectivity index (χ4n) is 3.96. The van der Waals surface area contributed by atoms with Gasteiger partial charge in [-0.1, -0.05) is 6.07 Å². The second-order valence-electron chi connectivity index (χ2n) is 8.05. The first-order valence-electron chi connectivity index (χ1n) is 10.9. The van der Waals surface area contributed by atoms with Gasteiger partial charge in [0, 0.05) is 38.3 Å². The minimum atomic E-state index is -4.59. The number of alkyl halides is 3. The Morgan fingerprint density at radius 3 is 2.76 bits per heavy atom. The van der Waals surface area contributed by atoms with Gasteiger partial charge in [-0.15, -0.1) is 0 Å². The molecule has 2 aromatic heterocycles. The number of H-pyrrole nitrogens is 1. The van der Waals surface area contributed by atoms with Crippen molar-refractivity contribution in [3.05, 3.63) is 53.3 Å².